The Morgan fingerprint density at radius 1 is 1.24 bits per heavy atom. The molecule has 0 unspecified atom stereocenters. The van der Waals surface area contributed by atoms with E-state index in [4.69, 9.17) is 0 Å². The molecule has 0 radical (unpaired) electrons. The molecule has 1 N–H and O–H groups in total. The van der Waals surface area contributed by atoms with E-state index >= 15 is 0 Å². The topological polar surface area (TPSA) is 64.7 Å². The molecule has 7 heteroatoms. The maximum absolute atomic E-state index is 12.2. The molecule has 6 nitrogen and oxygen atoms in total. The van der Waals surface area contributed by atoms with Gasteiger partial charge >= 0.3 is 0 Å². The fraction of sp³-hybridized carbons (Fsp3) is 0.278. The highest BCUT2D eigenvalue weighted by Crippen LogP contribution is 2.09. The van der Waals surface area contributed by atoms with Crippen molar-refractivity contribution in [2.24, 2.45) is 0 Å². The Hall–Kier alpha value is -2.41. The number of carbonyl (C=O) groups is 1. The zero-order chi connectivity index (χ0) is 17.8. The van der Waals surface area contributed by atoms with Crippen LogP contribution in [0.2, 0.25) is 0 Å². The monoisotopic (exact) mass is 401 g/mol. The van der Waals surface area contributed by atoms with Crippen LogP contribution in [0.25, 0.3) is 0 Å². The molecule has 0 aliphatic carbocycles. The predicted octanol–water partition coefficient (Wildman–Crippen LogP) is 2.94. The largest absolute Gasteiger partial charge is 0.350 e. The second kappa shape index (κ2) is 7.65. The number of halogens is 1. The van der Waals surface area contributed by atoms with Gasteiger partial charge in [0, 0.05) is 24.0 Å². The molecule has 0 atom stereocenters. The molecule has 0 saturated heterocycles. The Bertz CT molecular complexity index is 866. The molecule has 0 bridgehead atoms. The number of aryl methyl sites for hydroxylation is 2. The van der Waals surface area contributed by atoms with E-state index in [-0.39, 0.29) is 5.91 Å². The van der Waals surface area contributed by atoms with E-state index in [0.29, 0.717) is 25.2 Å². The first kappa shape index (κ1) is 17.4. The number of rotatable bonds is 6. The summed E-state index contributed by atoms with van der Waals surface area (Å²) < 4.78 is 4.67. The van der Waals surface area contributed by atoms with Gasteiger partial charge in [-0.15, -0.1) is 0 Å². The van der Waals surface area contributed by atoms with Crippen molar-refractivity contribution in [2.45, 2.75) is 26.9 Å². The van der Waals surface area contributed by atoms with Gasteiger partial charge in [0.2, 0.25) is 0 Å². The van der Waals surface area contributed by atoms with Crippen molar-refractivity contribution in [3.05, 3.63) is 69.7 Å². The third kappa shape index (κ3) is 4.57. The van der Waals surface area contributed by atoms with Crippen molar-refractivity contribution in [2.75, 3.05) is 6.54 Å². The molecule has 0 saturated carbocycles. The Balaban J connectivity index is 1.54. The van der Waals surface area contributed by atoms with Gasteiger partial charge in [-0.05, 0) is 53.5 Å². The highest BCUT2D eigenvalue weighted by Gasteiger charge is 2.06. The quantitative estimate of drug-likeness (QED) is 0.690. The lowest BCUT2D eigenvalue weighted by Crippen LogP contribution is -2.27. The number of hydrogen-bond donors (Lipinski definition) is 1. The summed E-state index contributed by atoms with van der Waals surface area (Å²) in [6, 6.07) is 9.69. The molecule has 0 spiro atoms. The van der Waals surface area contributed by atoms with Crippen LogP contribution >= 0.6 is 15.9 Å². The van der Waals surface area contributed by atoms with Gasteiger partial charge in [-0.25, -0.2) is 0 Å². The van der Waals surface area contributed by atoms with Crippen LogP contribution < -0.4 is 5.32 Å². The summed E-state index contributed by atoms with van der Waals surface area (Å²) in [4.78, 5) is 12.2. The second-order valence-electron chi connectivity index (χ2n) is 5.96. The minimum Gasteiger partial charge on any atom is -0.350 e. The lowest BCUT2D eigenvalue weighted by molar-refractivity contribution is 0.0952. The first-order chi connectivity index (χ1) is 12.0. The fourth-order valence-corrected chi connectivity index (χ4v) is 2.94. The van der Waals surface area contributed by atoms with Crippen LogP contribution in [0.1, 0.15) is 27.3 Å². The number of benzene rings is 1. The molecule has 130 valence electrons. The molecule has 2 heterocycles. The van der Waals surface area contributed by atoms with Crippen LogP contribution in [0, 0.1) is 13.8 Å². The molecule has 3 rings (SSSR count). The van der Waals surface area contributed by atoms with Crippen molar-refractivity contribution in [1.82, 2.24) is 24.9 Å². The summed E-state index contributed by atoms with van der Waals surface area (Å²) in [5.74, 6) is -0.0797. The number of nitrogens with zero attached hydrogens (tertiary/aromatic N) is 4. The van der Waals surface area contributed by atoms with Gasteiger partial charge < -0.3 is 5.32 Å². The maximum Gasteiger partial charge on any atom is 0.251 e. The lowest BCUT2D eigenvalue weighted by atomic mass is 10.1. The van der Waals surface area contributed by atoms with Gasteiger partial charge in [0.25, 0.3) is 5.91 Å². The Morgan fingerprint density at radius 2 is 2.00 bits per heavy atom. The van der Waals surface area contributed by atoms with Crippen molar-refractivity contribution >= 4 is 21.8 Å². The van der Waals surface area contributed by atoms with Crippen LogP contribution in [0.4, 0.5) is 0 Å². The molecule has 25 heavy (non-hydrogen) atoms. The molecule has 2 aromatic heterocycles. The normalized spacial score (nSPS) is 10.8. The Labute approximate surface area is 155 Å². The van der Waals surface area contributed by atoms with Gasteiger partial charge in [0.15, 0.2) is 0 Å². The lowest BCUT2D eigenvalue weighted by Gasteiger charge is -2.08. The van der Waals surface area contributed by atoms with Gasteiger partial charge in [-0.2, -0.15) is 10.2 Å². The van der Waals surface area contributed by atoms with E-state index in [2.05, 4.69) is 37.5 Å². The van der Waals surface area contributed by atoms with Crippen LogP contribution in [-0.4, -0.2) is 32.0 Å². The molecule has 3 aromatic rings. The van der Waals surface area contributed by atoms with E-state index in [9.17, 15) is 4.79 Å². The van der Waals surface area contributed by atoms with Gasteiger partial charge in [-0.3, -0.25) is 14.2 Å². The summed E-state index contributed by atoms with van der Waals surface area (Å²) in [6.45, 7) is 5.89. The summed E-state index contributed by atoms with van der Waals surface area (Å²) >= 11 is 3.35. The number of hydrogen-bond acceptors (Lipinski definition) is 3. The van der Waals surface area contributed by atoms with E-state index in [1.54, 1.807) is 10.9 Å². The third-order valence-corrected chi connectivity index (χ3v) is 4.29. The molecular weight excluding hydrogens is 382 g/mol. The van der Waals surface area contributed by atoms with Crippen molar-refractivity contribution in [3.8, 4) is 0 Å². The minimum atomic E-state index is -0.0797. The second-order valence-corrected chi connectivity index (χ2v) is 6.87. The third-order valence-electron chi connectivity index (χ3n) is 3.88. The standard InChI is InChI=1S/C18H20BrN5O/c1-13-9-14(2)24(22-13)11-15-3-5-16(6-4-15)18(25)20-7-8-23-12-17(19)10-21-23/h3-6,9-10,12H,7-8,11H2,1-2H3,(H,20,25). The van der Waals surface area contributed by atoms with Crippen molar-refractivity contribution < 1.29 is 4.79 Å². The summed E-state index contributed by atoms with van der Waals surface area (Å²) in [6.07, 6.45) is 3.60. The number of carbonyl (C=O) groups excluding carboxylic acids is 1. The van der Waals surface area contributed by atoms with E-state index in [1.807, 2.05) is 49.0 Å². The maximum atomic E-state index is 12.2. The van der Waals surface area contributed by atoms with Crippen LogP contribution in [-0.2, 0) is 13.1 Å². The summed E-state index contributed by atoms with van der Waals surface area (Å²) in [5.41, 5.74) is 3.91. The molecular formula is C18H20BrN5O. The highest BCUT2D eigenvalue weighted by atomic mass is 79.9. The SMILES string of the molecule is Cc1cc(C)n(Cc2ccc(C(=O)NCCn3cc(Br)cn3)cc2)n1. The number of nitrogens with one attached hydrogen (secondary N) is 1. The Morgan fingerprint density at radius 3 is 2.60 bits per heavy atom. The van der Waals surface area contributed by atoms with Gasteiger partial charge in [0.05, 0.1) is 29.5 Å². The van der Waals surface area contributed by atoms with Crippen molar-refractivity contribution in [1.29, 1.82) is 0 Å². The molecule has 0 aliphatic heterocycles. The van der Waals surface area contributed by atoms with Crippen LogP contribution in [0.5, 0.6) is 0 Å². The molecule has 0 fully saturated rings. The fourth-order valence-electron chi connectivity index (χ4n) is 2.62. The highest BCUT2D eigenvalue weighted by molar-refractivity contribution is 9.10. The first-order valence-electron chi connectivity index (χ1n) is 8.07. The zero-order valence-electron chi connectivity index (χ0n) is 14.2. The molecule has 1 amide bonds. The molecule has 1 aromatic carbocycles. The van der Waals surface area contributed by atoms with Crippen molar-refractivity contribution in [3.63, 3.8) is 0 Å². The summed E-state index contributed by atoms with van der Waals surface area (Å²) in [5, 5.41) is 11.5. The molecule has 0 aliphatic rings. The van der Waals surface area contributed by atoms with E-state index in [0.717, 1.165) is 21.4 Å². The van der Waals surface area contributed by atoms with Gasteiger partial charge in [0.1, 0.15) is 0 Å². The van der Waals surface area contributed by atoms with E-state index < -0.39 is 0 Å². The van der Waals surface area contributed by atoms with Crippen LogP contribution in [0.3, 0.4) is 0 Å². The van der Waals surface area contributed by atoms with E-state index in [1.165, 1.54) is 0 Å². The Kier molecular flexibility index (Phi) is 5.33. The van der Waals surface area contributed by atoms with Crippen LogP contribution in [0.15, 0.2) is 47.2 Å². The predicted molar refractivity (Wildman–Crippen MR) is 99.5 cm³/mol. The number of amides is 1. The minimum absolute atomic E-state index is 0.0797. The van der Waals surface area contributed by atoms with Gasteiger partial charge in [-0.1, -0.05) is 12.1 Å². The summed E-state index contributed by atoms with van der Waals surface area (Å²) in [7, 11) is 0. The average molecular weight is 402 g/mol. The zero-order valence-corrected chi connectivity index (χ0v) is 15.8. The smallest absolute Gasteiger partial charge is 0.251 e. The first-order valence-corrected chi connectivity index (χ1v) is 8.87. The number of aromatic nitrogens is 4. The average Bonchev–Trinajstić information content (AvgIpc) is 3.13.